The molecule has 23 heavy (non-hydrogen) atoms. The first kappa shape index (κ1) is 16.5. The van der Waals surface area contributed by atoms with Crippen LogP contribution in [-0.2, 0) is 16.0 Å². The van der Waals surface area contributed by atoms with Crippen molar-refractivity contribution in [3.8, 4) is 0 Å². The molecule has 2 aliphatic rings. The first-order valence-electron chi connectivity index (χ1n) is 8.74. The molecular formula is C17H27N3O3. The highest BCUT2D eigenvalue weighted by molar-refractivity contribution is 5.92. The van der Waals surface area contributed by atoms with Gasteiger partial charge in [0.1, 0.15) is 5.69 Å². The lowest BCUT2D eigenvalue weighted by atomic mass is 9.83. The topological polar surface area (TPSA) is 56.6 Å². The average molecular weight is 321 g/mol. The Morgan fingerprint density at radius 1 is 1.43 bits per heavy atom. The molecular weight excluding hydrogens is 294 g/mol. The molecule has 0 bridgehead atoms. The molecule has 1 aromatic heterocycles. The van der Waals surface area contributed by atoms with Gasteiger partial charge in [-0.05, 0) is 39.2 Å². The van der Waals surface area contributed by atoms with E-state index in [4.69, 9.17) is 9.47 Å². The molecule has 0 aliphatic carbocycles. The third-order valence-electron chi connectivity index (χ3n) is 5.00. The van der Waals surface area contributed by atoms with Crippen LogP contribution in [0.4, 0.5) is 0 Å². The minimum Gasteiger partial charge on any atom is -0.378 e. The summed E-state index contributed by atoms with van der Waals surface area (Å²) < 4.78 is 13.7. The van der Waals surface area contributed by atoms with Gasteiger partial charge in [-0.1, -0.05) is 0 Å². The summed E-state index contributed by atoms with van der Waals surface area (Å²) >= 11 is 0. The Balaban J connectivity index is 1.58. The number of ether oxygens (including phenoxy) is 2. The molecule has 2 fully saturated rings. The molecule has 6 nitrogen and oxygen atoms in total. The van der Waals surface area contributed by atoms with Crippen LogP contribution in [-0.4, -0.2) is 58.6 Å². The molecule has 6 heteroatoms. The average Bonchev–Trinajstić information content (AvgIpc) is 3.05. The van der Waals surface area contributed by atoms with E-state index in [2.05, 4.69) is 5.10 Å². The summed E-state index contributed by atoms with van der Waals surface area (Å²) in [5.41, 5.74) is 0.442. The van der Waals surface area contributed by atoms with Crippen LogP contribution in [0.1, 0.15) is 50.0 Å². The van der Waals surface area contributed by atoms with Gasteiger partial charge in [0.05, 0.1) is 11.7 Å². The van der Waals surface area contributed by atoms with E-state index in [9.17, 15) is 4.79 Å². The number of rotatable bonds is 4. The lowest BCUT2D eigenvalue weighted by Gasteiger charge is -2.45. The SMILES string of the molecule is CCOC1CCOC2(CCN(C(=O)c3ccn(CC)n3)CC2)C1. The maximum absolute atomic E-state index is 12.6. The van der Waals surface area contributed by atoms with Crippen molar-refractivity contribution in [2.45, 2.75) is 57.8 Å². The number of aryl methyl sites for hydroxylation is 1. The third-order valence-corrected chi connectivity index (χ3v) is 5.00. The standard InChI is InChI=1S/C17H27N3O3/c1-3-20-9-5-15(18-20)16(21)19-10-7-17(8-11-19)13-14(22-4-2)6-12-23-17/h5,9,14H,3-4,6-8,10-13H2,1-2H3. The number of carbonyl (C=O) groups is 1. The summed E-state index contributed by atoms with van der Waals surface area (Å²) in [6.07, 6.45) is 5.86. The van der Waals surface area contributed by atoms with Gasteiger partial charge in [0.25, 0.3) is 5.91 Å². The molecule has 0 N–H and O–H groups in total. The van der Waals surface area contributed by atoms with E-state index in [-0.39, 0.29) is 11.5 Å². The van der Waals surface area contributed by atoms with E-state index in [1.165, 1.54) is 0 Å². The van der Waals surface area contributed by atoms with E-state index in [0.717, 1.165) is 58.5 Å². The lowest BCUT2D eigenvalue weighted by molar-refractivity contribution is -0.151. The summed E-state index contributed by atoms with van der Waals surface area (Å²) in [5.74, 6) is 0.0317. The summed E-state index contributed by atoms with van der Waals surface area (Å²) in [6.45, 7) is 7.82. The molecule has 0 aromatic carbocycles. The van der Waals surface area contributed by atoms with E-state index < -0.39 is 0 Å². The predicted octanol–water partition coefficient (Wildman–Crippen LogP) is 2.09. The van der Waals surface area contributed by atoms with Crippen LogP contribution in [0.5, 0.6) is 0 Å². The second kappa shape index (κ2) is 7.01. The molecule has 0 radical (unpaired) electrons. The Hall–Kier alpha value is -1.40. The van der Waals surface area contributed by atoms with Crippen LogP contribution in [0, 0.1) is 0 Å². The molecule has 2 saturated heterocycles. The summed E-state index contributed by atoms with van der Waals surface area (Å²) in [4.78, 5) is 14.5. The van der Waals surface area contributed by atoms with Gasteiger partial charge < -0.3 is 14.4 Å². The summed E-state index contributed by atoms with van der Waals surface area (Å²) in [6, 6.07) is 1.80. The van der Waals surface area contributed by atoms with Gasteiger partial charge in [-0.2, -0.15) is 5.10 Å². The maximum Gasteiger partial charge on any atom is 0.274 e. The van der Waals surface area contributed by atoms with Crippen LogP contribution < -0.4 is 0 Å². The molecule has 1 amide bonds. The van der Waals surface area contributed by atoms with E-state index >= 15 is 0 Å². The second-order valence-corrected chi connectivity index (χ2v) is 6.45. The molecule has 3 heterocycles. The Morgan fingerprint density at radius 2 is 2.22 bits per heavy atom. The highest BCUT2D eigenvalue weighted by Gasteiger charge is 2.41. The lowest BCUT2D eigenvalue weighted by Crippen LogP contribution is -2.52. The van der Waals surface area contributed by atoms with Crippen LogP contribution in [0.15, 0.2) is 12.3 Å². The van der Waals surface area contributed by atoms with Gasteiger partial charge in [-0.3, -0.25) is 9.48 Å². The molecule has 0 saturated carbocycles. The molecule has 1 aromatic rings. The number of amides is 1. The van der Waals surface area contributed by atoms with E-state index in [1.807, 2.05) is 24.9 Å². The fraction of sp³-hybridized carbons (Fsp3) is 0.765. The number of hydrogen-bond donors (Lipinski definition) is 0. The highest BCUT2D eigenvalue weighted by Crippen LogP contribution is 2.36. The monoisotopic (exact) mass is 321 g/mol. The minimum atomic E-state index is -0.0996. The minimum absolute atomic E-state index is 0.0317. The van der Waals surface area contributed by atoms with Crippen LogP contribution in [0.3, 0.4) is 0 Å². The number of hydrogen-bond acceptors (Lipinski definition) is 4. The van der Waals surface area contributed by atoms with Gasteiger partial charge >= 0.3 is 0 Å². The van der Waals surface area contributed by atoms with Gasteiger partial charge in [0.15, 0.2) is 0 Å². The van der Waals surface area contributed by atoms with Crippen LogP contribution in [0.25, 0.3) is 0 Å². The highest BCUT2D eigenvalue weighted by atomic mass is 16.5. The largest absolute Gasteiger partial charge is 0.378 e. The molecule has 128 valence electrons. The zero-order chi connectivity index (χ0) is 16.3. The van der Waals surface area contributed by atoms with Gasteiger partial charge in [0, 0.05) is 45.5 Å². The molecule has 1 atom stereocenters. The Bertz CT molecular complexity index is 533. The molecule has 2 aliphatic heterocycles. The zero-order valence-corrected chi connectivity index (χ0v) is 14.2. The normalized spacial score (nSPS) is 24.1. The van der Waals surface area contributed by atoms with Crippen molar-refractivity contribution in [3.63, 3.8) is 0 Å². The first-order valence-corrected chi connectivity index (χ1v) is 8.74. The number of nitrogens with zero attached hydrogens (tertiary/aromatic N) is 3. The van der Waals surface area contributed by atoms with E-state index in [0.29, 0.717) is 11.8 Å². The summed E-state index contributed by atoms with van der Waals surface area (Å²) in [7, 11) is 0. The second-order valence-electron chi connectivity index (χ2n) is 6.45. The van der Waals surface area contributed by atoms with Crippen molar-refractivity contribution in [1.82, 2.24) is 14.7 Å². The van der Waals surface area contributed by atoms with Gasteiger partial charge in [0.2, 0.25) is 0 Å². The van der Waals surface area contributed by atoms with Crippen molar-refractivity contribution in [1.29, 1.82) is 0 Å². The van der Waals surface area contributed by atoms with Crippen LogP contribution >= 0.6 is 0 Å². The Labute approximate surface area is 137 Å². The van der Waals surface area contributed by atoms with Crippen molar-refractivity contribution >= 4 is 5.91 Å². The van der Waals surface area contributed by atoms with Crippen molar-refractivity contribution in [3.05, 3.63) is 18.0 Å². The van der Waals surface area contributed by atoms with Gasteiger partial charge in [-0.25, -0.2) is 0 Å². The smallest absolute Gasteiger partial charge is 0.274 e. The van der Waals surface area contributed by atoms with Gasteiger partial charge in [-0.15, -0.1) is 0 Å². The predicted molar refractivity (Wildman–Crippen MR) is 86.4 cm³/mol. The van der Waals surface area contributed by atoms with E-state index in [1.54, 1.807) is 10.7 Å². The first-order chi connectivity index (χ1) is 11.2. The van der Waals surface area contributed by atoms with Crippen molar-refractivity contribution < 1.29 is 14.3 Å². The molecule has 3 rings (SSSR count). The third kappa shape index (κ3) is 3.58. The quantitative estimate of drug-likeness (QED) is 0.852. The fourth-order valence-corrected chi connectivity index (χ4v) is 3.64. The summed E-state index contributed by atoms with van der Waals surface area (Å²) in [5, 5.41) is 4.32. The van der Waals surface area contributed by atoms with Crippen molar-refractivity contribution in [2.24, 2.45) is 0 Å². The van der Waals surface area contributed by atoms with Crippen LogP contribution in [0.2, 0.25) is 0 Å². The zero-order valence-electron chi connectivity index (χ0n) is 14.2. The van der Waals surface area contributed by atoms with Crippen molar-refractivity contribution in [2.75, 3.05) is 26.3 Å². The maximum atomic E-state index is 12.6. The number of piperidine rings is 1. The molecule has 1 spiro atoms. The number of likely N-dealkylation sites (tertiary alicyclic amines) is 1. The Morgan fingerprint density at radius 3 is 2.87 bits per heavy atom. The fourth-order valence-electron chi connectivity index (χ4n) is 3.64. The number of aromatic nitrogens is 2. The Kier molecular flexibility index (Phi) is 5.02. The molecule has 1 unspecified atom stereocenters. The number of carbonyl (C=O) groups excluding carboxylic acids is 1.